The monoisotopic (exact) mass is 385 g/mol. The van der Waals surface area contributed by atoms with Crippen molar-refractivity contribution in [3.8, 4) is 0 Å². The molecule has 11 heteroatoms. The van der Waals surface area contributed by atoms with Crippen LogP contribution in [0.4, 0.5) is 13.2 Å². The molecule has 1 heterocycles. The first-order valence-corrected chi connectivity index (χ1v) is 7.48. The highest BCUT2D eigenvalue weighted by Gasteiger charge is 2.37. The lowest BCUT2D eigenvalue weighted by Gasteiger charge is -2.25. The predicted molar refractivity (Wildman–Crippen MR) is 80.0 cm³/mol. The van der Waals surface area contributed by atoms with Crippen molar-refractivity contribution in [3.63, 3.8) is 0 Å². The lowest BCUT2D eigenvalue weighted by molar-refractivity contribution is -0.136. The van der Waals surface area contributed by atoms with Crippen LogP contribution in [0.25, 0.3) is 0 Å². The Balaban J connectivity index is 2.36. The fourth-order valence-corrected chi connectivity index (χ4v) is 2.77. The van der Waals surface area contributed by atoms with Crippen molar-refractivity contribution in [1.82, 2.24) is 14.3 Å². The average Bonchev–Trinajstić information content (AvgIpc) is 2.77. The Morgan fingerprint density at radius 3 is 2.62 bits per heavy atom. The molecule has 1 aliphatic rings. The first kappa shape index (κ1) is 18.6. The molecule has 0 amide bonds. The zero-order chi connectivity index (χ0) is 18.2. The van der Waals surface area contributed by atoms with Crippen LogP contribution in [0.15, 0.2) is 28.1 Å². The van der Waals surface area contributed by atoms with Crippen molar-refractivity contribution in [2.75, 3.05) is 0 Å². The second kappa shape index (κ2) is 6.64. The van der Waals surface area contributed by atoms with Gasteiger partial charge in [0.05, 0.1) is 0 Å². The van der Waals surface area contributed by atoms with E-state index in [9.17, 15) is 22.8 Å². The van der Waals surface area contributed by atoms with Crippen molar-refractivity contribution >= 4 is 29.2 Å². The van der Waals surface area contributed by atoms with Crippen molar-refractivity contribution in [1.29, 1.82) is 0 Å². The van der Waals surface area contributed by atoms with E-state index in [4.69, 9.17) is 28.3 Å². The third kappa shape index (κ3) is 3.36. The van der Waals surface area contributed by atoms with E-state index < -0.39 is 35.3 Å². The number of carboxylic acids is 1. The Morgan fingerprint density at radius 2 is 2.17 bits per heavy atom. The molecule has 0 aromatic carbocycles. The van der Waals surface area contributed by atoms with E-state index in [0.29, 0.717) is 0 Å². The van der Waals surface area contributed by atoms with Gasteiger partial charge >= 0.3 is 18.2 Å². The highest BCUT2D eigenvalue weighted by atomic mass is 35.5. The van der Waals surface area contributed by atoms with Crippen LogP contribution >= 0.6 is 23.2 Å². The van der Waals surface area contributed by atoms with Crippen LogP contribution in [0.3, 0.4) is 0 Å². The van der Waals surface area contributed by atoms with E-state index >= 15 is 0 Å². The summed E-state index contributed by atoms with van der Waals surface area (Å²) in [5.41, 5.74) is -1.34. The number of carbonyl (C=O) groups is 1. The highest BCUT2D eigenvalue weighted by molar-refractivity contribution is 6.31. The normalized spacial score (nSPS) is 25.0. The van der Waals surface area contributed by atoms with Crippen LogP contribution < -0.4 is 5.69 Å². The summed E-state index contributed by atoms with van der Waals surface area (Å²) in [4.78, 5) is 22.7. The van der Waals surface area contributed by atoms with Gasteiger partial charge in [0.15, 0.2) is 0 Å². The number of rotatable bonds is 5. The van der Waals surface area contributed by atoms with Crippen LogP contribution in [0.5, 0.6) is 0 Å². The molecular formula is C13H12Cl2F3N3O3. The SMILES string of the molecule is Cc1nn(C2(F)C=CC(CC(Cl)C(=O)O)C(Cl)=C2)c(=O)n1C(F)F. The minimum Gasteiger partial charge on any atom is -0.480 e. The second-order valence-corrected chi connectivity index (χ2v) is 6.12. The number of allylic oxidation sites excluding steroid dienone is 4. The van der Waals surface area contributed by atoms with Gasteiger partial charge in [-0.15, -0.1) is 11.6 Å². The fourth-order valence-electron chi connectivity index (χ4n) is 2.26. The van der Waals surface area contributed by atoms with Gasteiger partial charge in [-0.05, 0) is 25.5 Å². The number of hydrogen-bond acceptors (Lipinski definition) is 3. The number of carboxylic acid groups (broad SMARTS) is 1. The molecule has 0 saturated carbocycles. The summed E-state index contributed by atoms with van der Waals surface area (Å²) >= 11 is 11.6. The second-order valence-electron chi connectivity index (χ2n) is 5.15. The van der Waals surface area contributed by atoms with Gasteiger partial charge < -0.3 is 5.11 Å². The number of alkyl halides is 4. The topological polar surface area (TPSA) is 77.1 Å². The van der Waals surface area contributed by atoms with Gasteiger partial charge in [-0.3, -0.25) is 4.79 Å². The van der Waals surface area contributed by atoms with Crippen LogP contribution in [0.1, 0.15) is 18.8 Å². The minimum absolute atomic E-state index is 0.0439. The van der Waals surface area contributed by atoms with Gasteiger partial charge in [0.2, 0.25) is 5.79 Å². The van der Waals surface area contributed by atoms with Crippen molar-refractivity contribution in [2.45, 2.75) is 31.1 Å². The molecule has 1 aliphatic carbocycles. The molecule has 0 radical (unpaired) electrons. The van der Waals surface area contributed by atoms with Gasteiger partial charge in [0.25, 0.3) is 0 Å². The summed E-state index contributed by atoms with van der Waals surface area (Å²) in [6.07, 6.45) is 2.84. The maximum absolute atomic E-state index is 15.0. The third-order valence-corrected chi connectivity index (χ3v) is 4.24. The summed E-state index contributed by atoms with van der Waals surface area (Å²) in [7, 11) is 0. The van der Waals surface area contributed by atoms with E-state index in [1.165, 1.54) is 6.08 Å². The first-order valence-electron chi connectivity index (χ1n) is 6.67. The predicted octanol–water partition coefficient (Wildman–Crippen LogP) is 2.76. The summed E-state index contributed by atoms with van der Waals surface area (Å²) in [5, 5.41) is 10.9. The lowest BCUT2D eigenvalue weighted by atomic mass is 9.94. The molecule has 0 fully saturated rings. The van der Waals surface area contributed by atoms with Crippen LogP contribution in [-0.4, -0.2) is 30.8 Å². The van der Waals surface area contributed by atoms with Gasteiger partial charge in [-0.1, -0.05) is 17.7 Å². The Bertz CT molecular complexity index is 774. The molecule has 0 bridgehead atoms. The van der Waals surface area contributed by atoms with Crippen LogP contribution in [-0.2, 0) is 10.6 Å². The van der Waals surface area contributed by atoms with E-state index in [1.54, 1.807) is 0 Å². The zero-order valence-electron chi connectivity index (χ0n) is 12.2. The zero-order valence-corrected chi connectivity index (χ0v) is 13.7. The molecule has 3 atom stereocenters. The largest absolute Gasteiger partial charge is 0.480 e. The molecule has 3 unspecified atom stereocenters. The summed E-state index contributed by atoms with van der Waals surface area (Å²) in [6.45, 7) is -2.03. The number of halogens is 5. The first-order chi connectivity index (χ1) is 11.1. The van der Waals surface area contributed by atoms with Gasteiger partial charge in [0, 0.05) is 11.0 Å². The Kier molecular flexibility index (Phi) is 5.14. The van der Waals surface area contributed by atoms with Crippen LogP contribution in [0.2, 0.25) is 0 Å². The molecule has 2 rings (SSSR count). The number of aromatic nitrogens is 3. The van der Waals surface area contributed by atoms with Crippen molar-refractivity contribution < 1.29 is 23.1 Å². The average molecular weight is 386 g/mol. The molecule has 0 saturated heterocycles. The summed E-state index contributed by atoms with van der Waals surface area (Å²) < 4.78 is 40.9. The Hall–Kier alpha value is -1.74. The van der Waals surface area contributed by atoms with Crippen LogP contribution in [0, 0.1) is 12.8 Å². The molecule has 1 N–H and O–H groups in total. The van der Waals surface area contributed by atoms with E-state index in [1.807, 2.05) is 0 Å². The molecule has 132 valence electrons. The standard InChI is InChI=1S/C13H12Cl2F3N3O3/c1-6-19-21(12(24)20(6)11(16)17)13(18)3-2-7(9(15)5-13)4-8(14)10(22)23/h2-3,5,7-8,11H,4H2,1H3,(H,22,23). The van der Waals surface area contributed by atoms with E-state index in [-0.39, 0.29) is 26.5 Å². The summed E-state index contributed by atoms with van der Waals surface area (Å²) in [5.74, 6) is -4.93. The number of nitrogens with zero attached hydrogens (tertiary/aromatic N) is 3. The Morgan fingerprint density at radius 1 is 1.54 bits per heavy atom. The van der Waals surface area contributed by atoms with E-state index in [2.05, 4.69) is 5.10 Å². The highest BCUT2D eigenvalue weighted by Crippen LogP contribution is 2.35. The quantitative estimate of drug-likeness (QED) is 0.624. The number of aryl methyl sites for hydroxylation is 1. The summed E-state index contributed by atoms with van der Waals surface area (Å²) in [6, 6.07) is 0. The molecule has 1 aromatic heterocycles. The van der Waals surface area contributed by atoms with Gasteiger partial charge in [-0.25, -0.2) is 13.8 Å². The molecule has 0 spiro atoms. The minimum atomic E-state index is -3.16. The molecular weight excluding hydrogens is 374 g/mol. The van der Waals surface area contributed by atoms with E-state index in [0.717, 1.165) is 19.1 Å². The molecule has 1 aromatic rings. The molecule has 24 heavy (non-hydrogen) atoms. The smallest absolute Gasteiger partial charge is 0.353 e. The number of aliphatic carboxylic acids is 1. The molecule has 0 aliphatic heterocycles. The molecule has 6 nitrogen and oxygen atoms in total. The third-order valence-electron chi connectivity index (χ3n) is 3.49. The Labute approximate surface area is 143 Å². The van der Waals surface area contributed by atoms with Gasteiger partial charge in [-0.2, -0.15) is 18.6 Å². The lowest BCUT2D eigenvalue weighted by Crippen LogP contribution is -2.38. The van der Waals surface area contributed by atoms with Crippen molar-refractivity contribution in [3.05, 3.63) is 39.6 Å². The maximum Gasteiger partial charge on any atom is 0.353 e. The van der Waals surface area contributed by atoms with Crippen molar-refractivity contribution in [2.24, 2.45) is 5.92 Å². The maximum atomic E-state index is 15.0. The van der Waals surface area contributed by atoms with Gasteiger partial charge in [0.1, 0.15) is 11.2 Å². The number of hydrogen-bond donors (Lipinski definition) is 1. The fraction of sp³-hybridized carbons (Fsp3) is 0.462.